The molecule has 0 saturated carbocycles. The number of hydrogen-bond acceptors (Lipinski definition) is 4. The van der Waals surface area contributed by atoms with Crippen LogP contribution >= 0.6 is 11.6 Å². The highest BCUT2D eigenvalue weighted by molar-refractivity contribution is 6.31. The Morgan fingerprint density at radius 3 is 2.86 bits per heavy atom. The Kier molecular flexibility index (Phi) is 5.06. The van der Waals surface area contributed by atoms with Crippen molar-refractivity contribution in [1.82, 2.24) is 9.97 Å². The molecule has 0 radical (unpaired) electrons. The van der Waals surface area contributed by atoms with Gasteiger partial charge in [0.2, 0.25) is 0 Å². The number of aromatic nitrogens is 2. The second-order valence-corrected chi connectivity index (χ2v) is 4.85. The lowest BCUT2D eigenvalue weighted by Crippen LogP contribution is -2.16. The minimum atomic E-state index is -0.548. The molecule has 1 aromatic heterocycles. The van der Waals surface area contributed by atoms with Gasteiger partial charge in [0.05, 0.1) is 5.02 Å². The third kappa shape index (κ3) is 4.02. The zero-order valence-corrected chi connectivity index (χ0v) is 12.6. The van der Waals surface area contributed by atoms with E-state index in [9.17, 15) is 9.18 Å². The van der Waals surface area contributed by atoms with E-state index in [4.69, 9.17) is 11.6 Å². The van der Waals surface area contributed by atoms with E-state index in [1.165, 1.54) is 24.3 Å². The van der Waals surface area contributed by atoms with Crippen molar-refractivity contribution in [3.63, 3.8) is 0 Å². The molecule has 0 unspecified atom stereocenters. The summed E-state index contributed by atoms with van der Waals surface area (Å²) in [6.45, 7) is 5.80. The van der Waals surface area contributed by atoms with Crippen LogP contribution in [0.4, 0.5) is 15.9 Å². The number of benzene rings is 1. The molecule has 5 nitrogen and oxygen atoms in total. The van der Waals surface area contributed by atoms with E-state index in [0.29, 0.717) is 23.9 Å². The van der Waals surface area contributed by atoms with E-state index in [1.54, 1.807) is 13.0 Å². The Balaban J connectivity index is 2.19. The molecule has 0 aliphatic carbocycles. The second-order valence-electron chi connectivity index (χ2n) is 4.44. The molecule has 2 aromatic rings. The van der Waals surface area contributed by atoms with E-state index >= 15 is 0 Å². The first-order chi connectivity index (χ1) is 10.5. The molecule has 0 fully saturated rings. The number of hydrogen-bond donors (Lipinski definition) is 2. The number of anilines is 2. The number of carbonyl (C=O) groups excluding carboxylic acids is 1. The SMILES string of the molecule is C=CCNc1cc(C(=O)Nc2ccc(F)c(Cl)c2)nc(C)n1. The van der Waals surface area contributed by atoms with Gasteiger partial charge in [-0.3, -0.25) is 4.79 Å². The Morgan fingerprint density at radius 2 is 2.18 bits per heavy atom. The highest BCUT2D eigenvalue weighted by Crippen LogP contribution is 2.20. The van der Waals surface area contributed by atoms with Crippen LogP contribution in [-0.2, 0) is 0 Å². The summed E-state index contributed by atoms with van der Waals surface area (Å²) in [4.78, 5) is 20.5. The predicted octanol–water partition coefficient (Wildman–Crippen LogP) is 3.43. The van der Waals surface area contributed by atoms with Gasteiger partial charge in [-0.1, -0.05) is 17.7 Å². The van der Waals surface area contributed by atoms with E-state index < -0.39 is 11.7 Å². The van der Waals surface area contributed by atoms with Gasteiger partial charge in [-0.25, -0.2) is 14.4 Å². The number of halogens is 2. The molecule has 1 amide bonds. The topological polar surface area (TPSA) is 66.9 Å². The Hall–Kier alpha value is -2.47. The minimum absolute atomic E-state index is 0.0648. The zero-order valence-electron chi connectivity index (χ0n) is 11.9. The fourth-order valence-corrected chi connectivity index (χ4v) is 1.90. The summed E-state index contributed by atoms with van der Waals surface area (Å²) in [5.41, 5.74) is 0.577. The average molecular weight is 321 g/mol. The number of rotatable bonds is 5. The average Bonchev–Trinajstić information content (AvgIpc) is 2.48. The van der Waals surface area contributed by atoms with Gasteiger partial charge >= 0.3 is 0 Å². The summed E-state index contributed by atoms with van der Waals surface area (Å²) in [5, 5.41) is 5.53. The third-order valence-electron chi connectivity index (χ3n) is 2.68. The Morgan fingerprint density at radius 1 is 1.41 bits per heavy atom. The smallest absolute Gasteiger partial charge is 0.274 e. The van der Waals surface area contributed by atoms with Crippen LogP contribution in [0.5, 0.6) is 0 Å². The van der Waals surface area contributed by atoms with Gasteiger partial charge in [-0.2, -0.15) is 0 Å². The number of carbonyl (C=O) groups is 1. The fourth-order valence-electron chi connectivity index (χ4n) is 1.72. The van der Waals surface area contributed by atoms with Crippen LogP contribution in [0, 0.1) is 12.7 Å². The predicted molar refractivity (Wildman–Crippen MR) is 84.8 cm³/mol. The quantitative estimate of drug-likeness (QED) is 0.828. The molecule has 1 heterocycles. The normalized spacial score (nSPS) is 10.1. The maximum absolute atomic E-state index is 13.1. The highest BCUT2D eigenvalue weighted by Gasteiger charge is 2.11. The van der Waals surface area contributed by atoms with E-state index in [-0.39, 0.29) is 10.7 Å². The molecule has 2 rings (SSSR count). The lowest BCUT2D eigenvalue weighted by molar-refractivity contribution is 0.102. The molecule has 0 spiro atoms. The Labute approximate surface area is 132 Å². The van der Waals surface area contributed by atoms with Gasteiger partial charge in [0.15, 0.2) is 0 Å². The van der Waals surface area contributed by atoms with Crippen LogP contribution in [0.15, 0.2) is 36.9 Å². The summed E-state index contributed by atoms with van der Waals surface area (Å²) >= 11 is 5.68. The monoisotopic (exact) mass is 320 g/mol. The molecular formula is C15H14ClFN4O. The molecule has 2 N–H and O–H groups in total. The Bertz CT molecular complexity index is 721. The number of nitrogens with one attached hydrogen (secondary N) is 2. The van der Waals surface area contributed by atoms with Crippen molar-refractivity contribution in [3.05, 3.63) is 59.3 Å². The maximum Gasteiger partial charge on any atom is 0.274 e. The molecule has 0 aliphatic rings. The van der Waals surface area contributed by atoms with E-state index in [1.807, 2.05) is 0 Å². The zero-order chi connectivity index (χ0) is 16.1. The van der Waals surface area contributed by atoms with Crippen molar-refractivity contribution in [2.45, 2.75) is 6.92 Å². The first-order valence-electron chi connectivity index (χ1n) is 6.46. The molecule has 22 heavy (non-hydrogen) atoms. The van der Waals surface area contributed by atoms with Gasteiger partial charge in [0, 0.05) is 18.3 Å². The molecule has 1 aromatic carbocycles. The molecule has 7 heteroatoms. The van der Waals surface area contributed by atoms with Crippen LogP contribution in [0.2, 0.25) is 5.02 Å². The maximum atomic E-state index is 13.1. The summed E-state index contributed by atoms with van der Waals surface area (Å²) in [6, 6.07) is 5.46. The third-order valence-corrected chi connectivity index (χ3v) is 2.97. The van der Waals surface area contributed by atoms with Gasteiger partial charge in [-0.15, -0.1) is 6.58 Å². The van der Waals surface area contributed by atoms with Crippen molar-refractivity contribution < 1.29 is 9.18 Å². The standard InChI is InChI=1S/C15H14ClFN4O/c1-3-6-18-14-8-13(19-9(2)20-14)15(22)21-10-4-5-12(17)11(16)7-10/h3-5,7-8H,1,6H2,2H3,(H,21,22)(H,18,19,20). The number of nitrogens with zero attached hydrogens (tertiary/aromatic N) is 2. The molecule has 114 valence electrons. The van der Waals surface area contributed by atoms with Gasteiger partial charge in [0.1, 0.15) is 23.2 Å². The van der Waals surface area contributed by atoms with E-state index in [2.05, 4.69) is 27.2 Å². The number of aryl methyl sites for hydroxylation is 1. The van der Waals surface area contributed by atoms with Crippen LogP contribution in [0.25, 0.3) is 0 Å². The highest BCUT2D eigenvalue weighted by atomic mass is 35.5. The molecule has 0 saturated heterocycles. The summed E-state index contributed by atoms with van der Waals surface area (Å²) < 4.78 is 13.1. The van der Waals surface area contributed by atoms with Crippen LogP contribution in [-0.4, -0.2) is 22.4 Å². The molecular weight excluding hydrogens is 307 g/mol. The van der Waals surface area contributed by atoms with Gasteiger partial charge < -0.3 is 10.6 Å². The fraction of sp³-hybridized carbons (Fsp3) is 0.133. The summed E-state index contributed by atoms with van der Waals surface area (Å²) in [7, 11) is 0. The molecule has 0 aliphatic heterocycles. The van der Waals surface area contributed by atoms with Crippen LogP contribution in [0.3, 0.4) is 0 Å². The van der Waals surface area contributed by atoms with Crippen molar-refractivity contribution in [2.75, 3.05) is 17.2 Å². The van der Waals surface area contributed by atoms with Crippen LogP contribution in [0.1, 0.15) is 16.3 Å². The lowest BCUT2D eigenvalue weighted by Gasteiger charge is -2.08. The van der Waals surface area contributed by atoms with Crippen molar-refractivity contribution >= 4 is 29.0 Å². The summed E-state index contributed by atoms with van der Waals surface area (Å²) in [5.74, 6) is -0.00525. The summed E-state index contributed by atoms with van der Waals surface area (Å²) in [6.07, 6.45) is 1.68. The first-order valence-corrected chi connectivity index (χ1v) is 6.84. The first kappa shape index (κ1) is 15.9. The van der Waals surface area contributed by atoms with Gasteiger partial charge in [0.25, 0.3) is 5.91 Å². The largest absolute Gasteiger partial charge is 0.366 e. The van der Waals surface area contributed by atoms with Crippen molar-refractivity contribution in [1.29, 1.82) is 0 Å². The van der Waals surface area contributed by atoms with E-state index in [0.717, 1.165) is 0 Å². The van der Waals surface area contributed by atoms with Crippen molar-refractivity contribution in [2.24, 2.45) is 0 Å². The van der Waals surface area contributed by atoms with Crippen LogP contribution < -0.4 is 10.6 Å². The minimum Gasteiger partial charge on any atom is -0.366 e. The molecule has 0 atom stereocenters. The number of amides is 1. The lowest BCUT2D eigenvalue weighted by atomic mass is 10.3. The van der Waals surface area contributed by atoms with Gasteiger partial charge in [-0.05, 0) is 25.1 Å². The molecule has 0 bridgehead atoms. The second kappa shape index (κ2) is 7.00. The van der Waals surface area contributed by atoms with Crippen molar-refractivity contribution in [3.8, 4) is 0 Å².